The van der Waals surface area contributed by atoms with Crippen molar-refractivity contribution in [3.05, 3.63) is 38.9 Å². The molecule has 0 fully saturated rings. The molecule has 1 unspecified atom stereocenters. The Balaban J connectivity index is 3.06. The lowest BCUT2D eigenvalue weighted by Crippen LogP contribution is -2.32. The van der Waals surface area contributed by atoms with Crippen molar-refractivity contribution in [1.82, 2.24) is 5.32 Å². The normalized spacial score (nSPS) is 11.9. The van der Waals surface area contributed by atoms with Gasteiger partial charge < -0.3 is 5.32 Å². The molecule has 0 aliphatic rings. The number of nitro groups is 1. The van der Waals surface area contributed by atoms with E-state index in [9.17, 15) is 14.9 Å². The molecule has 1 aromatic carbocycles. The molecule has 0 aliphatic carbocycles. The van der Waals surface area contributed by atoms with Crippen LogP contribution in [0.4, 0.5) is 5.69 Å². The molecular weight excluding hydrogens is 244 g/mol. The Morgan fingerprint density at radius 3 is 2.76 bits per heavy atom. The average Bonchev–Trinajstić information content (AvgIpc) is 2.28. The van der Waals surface area contributed by atoms with Gasteiger partial charge in [0.1, 0.15) is 5.56 Å². The molecule has 0 bridgehead atoms. The summed E-state index contributed by atoms with van der Waals surface area (Å²) in [6.07, 6.45) is 0.750. The number of benzene rings is 1. The van der Waals surface area contributed by atoms with E-state index in [1.54, 1.807) is 0 Å². The first-order valence-electron chi connectivity index (χ1n) is 5.20. The topological polar surface area (TPSA) is 72.2 Å². The Morgan fingerprint density at radius 2 is 2.24 bits per heavy atom. The molecule has 1 N–H and O–H groups in total. The largest absolute Gasteiger partial charge is 0.349 e. The first-order valence-corrected chi connectivity index (χ1v) is 5.58. The third kappa shape index (κ3) is 3.42. The molecule has 0 spiro atoms. The van der Waals surface area contributed by atoms with Gasteiger partial charge in [-0.15, -0.1) is 0 Å². The van der Waals surface area contributed by atoms with Gasteiger partial charge in [0.15, 0.2) is 0 Å². The van der Waals surface area contributed by atoms with E-state index in [-0.39, 0.29) is 17.3 Å². The van der Waals surface area contributed by atoms with Crippen LogP contribution in [-0.2, 0) is 0 Å². The maximum absolute atomic E-state index is 11.8. The number of nitro benzene ring substituents is 1. The molecule has 6 heteroatoms. The van der Waals surface area contributed by atoms with Gasteiger partial charge in [-0.05, 0) is 25.5 Å². The van der Waals surface area contributed by atoms with Gasteiger partial charge in [0.05, 0.1) is 4.92 Å². The lowest BCUT2D eigenvalue weighted by Gasteiger charge is -2.11. The maximum atomic E-state index is 11.8. The third-order valence-electron chi connectivity index (χ3n) is 2.39. The van der Waals surface area contributed by atoms with Crippen molar-refractivity contribution in [1.29, 1.82) is 0 Å². The summed E-state index contributed by atoms with van der Waals surface area (Å²) < 4.78 is 0. The summed E-state index contributed by atoms with van der Waals surface area (Å²) in [7, 11) is 0. The second-order valence-electron chi connectivity index (χ2n) is 3.70. The van der Waals surface area contributed by atoms with Crippen molar-refractivity contribution in [3.63, 3.8) is 0 Å². The molecule has 1 aromatic rings. The number of nitrogens with zero attached hydrogens (tertiary/aromatic N) is 1. The van der Waals surface area contributed by atoms with Crippen molar-refractivity contribution in [2.45, 2.75) is 26.3 Å². The SMILES string of the molecule is CCC(C)NC(=O)c1cc(Cl)ccc1[N+](=O)[O-]. The average molecular weight is 257 g/mol. The van der Waals surface area contributed by atoms with E-state index < -0.39 is 10.8 Å². The molecule has 5 nitrogen and oxygen atoms in total. The van der Waals surface area contributed by atoms with E-state index >= 15 is 0 Å². The highest BCUT2D eigenvalue weighted by molar-refractivity contribution is 6.31. The van der Waals surface area contributed by atoms with Crippen LogP contribution in [0.1, 0.15) is 30.6 Å². The zero-order valence-corrected chi connectivity index (χ0v) is 10.3. The molecule has 0 saturated heterocycles. The van der Waals surface area contributed by atoms with Gasteiger partial charge in [-0.2, -0.15) is 0 Å². The highest BCUT2D eigenvalue weighted by atomic mass is 35.5. The predicted molar refractivity (Wildman–Crippen MR) is 65.3 cm³/mol. The third-order valence-corrected chi connectivity index (χ3v) is 2.62. The maximum Gasteiger partial charge on any atom is 0.282 e. The smallest absolute Gasteiger partial charge is 0.282 e. The van der Waals surface area contributed by atoms with Gasteiger partial charge >= 0.3 is 0 Å². The number of carbonyl (C=O) groups excluding carboxylic acids is 1. The summed E-state index contributed by atoms with van der Waals surface area (Å²) in [6, 6.07) is 3.88. The summed E-state index contributed by atoms with van der Waals surface area (Å²) in [5, 5.41) is 13.7. The molecule has 17 heavy (non-hydrogen) atoms. The molecule has 92 valence electrons. The fraction of sp³-hybridized carbons (Fsp3) is 0.364. The van der Waals surface area contributed by atoms with E-state index in [1.807, 2.05) is 13.8 Å². The Labute approximate surface area is 104 Å². The van der Waals surface area contributed by atoms with Gasteiger partial charge in [-0.1, -0.05) is 18.5 Å². The van der Waals surface area contributed by atoms with Crippen LogP contribution in [0.25, 0.3) is 0 Å². The monoisotopic (exact) mass is 256 g/mol. The second-order valence-corrected chi connectivity index (χ2v) is 4.14. The summed E-state index contributed by atoms with van der Waals surface area (Å²) >= 11 is 5.73. The lowest BCUT2D eigenvalue weighted by atomic mass is 10.1. The molecule has 1 amide bonds. The van der Waals surface area contributed by atoms with Crippen molar-refractivity contribution >= 4 is 23.2 Å². The van der Waals surface area contributed by atoms with E-state index in [1.165, 1.54) is 18.2 Å². The Morgan fingerprint density at radius 1 is 1.59 bits per heavy atom. The number of rotatable bonds is 4. The summed E-state index contributed by atoms with van der Waals surface area (Å²) in [4.78, 5) is 22.0. The van der Waals surface area contributed by atoms with Gasteiger partial charge in [-0.25, -0.2) is 0 Å². The van der Waals surface area contributed by atoms with Crippen LogP contribution in [0.2, 0.25) is 5.02 Å². The highest BCUT2D eigenvalue weighted by Gasteiger charge is 2.21. The Bertz CT molecular complexity index is 448. The van der Waals surface area contributed by atoms with Crippen LogP contribution < -0.4 is 5.32 Å². The first kappa shape index (κ1) is 13.4. The predicted octanol–water partition coefficient (Wildman–Crippen LogP) is 2.78. The molecule has 0 heterocycles. The van der Waals surface area contributed by atoms with E-state index in [4.69, 9.17) is 11.6 Å². The molecule has 1 rings (SSSR count). The summed E-state index contributed by atoms with van der Waals surface area (Å²) in [5.41, 5.74) is -0.252. The van der Waals surface area contributed by atoms with Crippen molar-refractivity contribution in [3.8, 4) is 0 Å². The number of nitrogens with one attached hydrogen (secondary N) is 1. The number of carbonyl (C=O) groups is 1. The van der Waals surface area contributed by atoms with E-state index in [2.05, 4.69) is 5.32 Å². The highest BCUT2D eigenvalue weighted by Crippen LogP contribution is 2.22. The van der Waals surface area contributed by atoms with Crippen LogP contribution in [0, 0.1) is 10.1 Å². The zero-order valence-electron chi connectivity index (χ0n) is 9.57. The molecule has 0 radical (unpaired) electrons. The Hall–Kier alpha value is -1.62. The summed E-state index contributed by atoms with van der Waals surface area (Å²) in [6.45, 7) is 3.74. The fourth-order valence-electron chi connectivity index (χ4n) is 1.25. The van der Waals surface area contributed by atoms with Crippen LogP contribution in [0.15, 0.2) is 18.2 Å². The molecule has 0 aromatic heterocycles. The van der Waals surface area contributed by atoms with Crippen LogP contribution in [0.3, 0.4) is 0 Å². The minimum atomic E-state index is -0.595. The zero-order chi connectivity index (χ0) is 13.0. The van der Waals surface area contributed by atoms with Crippen molar-refractivity contribution in [2.24, 2.45) is 0 Å². The molecule has 0 aliphatic heterocycles. The molecule has 0 saturated carbocycles. The number of hydrogen-bond acceptors (Lipinski definition) is 3. The van der Waals surface area contributed by atoms with E-state index in [0.29, 0.717) is 5.02 Å². The van der Waals surface area contributed by atoms with Gasteiger partial charge in [0.25, 0.3) is 11.6 Å². The Kier molecular flexibility index (Phi) is 4.45. The number of hydrogen-bond donors (Lipinski definition) is 1. The lowest BCUT2D eigenvalue weighted by molar-refractivity contribution is -0.385. The van der Waals surface area contributed by atoms with Crippen molar-refractivity contribution < 1.29 is 9.72 Å². The molecule has 1 atom stereocenters. The van der Waals surface area contributed by atoms with Gasteiger partial charge in [0, 0.05) is 17.1 Å². The standard InChI is InChI=1S/C11H13ClN2O3/c1-3-7(2)13-11(15)9-6-8(12)4-5-10(9)14(16)17/h4-7H,3H2,1-2H3,(H,13,15). The minimum Gasteiger partial charge on any atom is -0.349 e. The minimum absolute atomic E-state index is 0.0113. The quantitative estimate of drug-likeness (QED) is 0.665. The second kappa shape index (κ2) is 5.63. The van der Waals surface area contributed by atoms with Crippen LogP contribution >= 0.6 is 11.6 Å². The first-order chi connectivity index (χ1) is 7.95. The van der Waals surface area contributed by atoms with Gasteiger partial charge in [0.2, 0.25) is 0 Å². The van der Waals surface area contributed by atoms with E-state index in [0.717, 1.165) is 6.42 Å². The van der Waals surface area contributed by atoms with Crippen molar-refractivity contribution in [2.75, 3.05) is 0 Å². The fourth-order valence-corrected chi connectivity index (χ4v) is 1.43. The number of amides is 1. The van der Waals surface area contributed by atoms with Gasteiger partial charge in [-0.3, -0.25) is 14.9 Å². The molecular formula is C11H13ClN2O3. The number of halogens is 1. The van der Waals surface area contributed by atoms with Crippen LogP contribution in [0.5, 0.6) is 0 Å². The van der Waals surface area contributed by atoms with Crippen LogP contribution in [-0.4, -0.2) is 16.9 Å². The summed E-state index contributed by atoms with van der Waals surface area (Å²) in [5.74, 6) is -0.478.